The van der Waals surface area contributed by atoms with Crippen LogP contribution in [0.5, 0.6) is 0 Å². The van der Waals surface area contributed by atoms with Gasteiger partial charge in [0.1, 0.15) is 6.04 Å². The van der Waals surface area contributed by atoms with Crippen molar-refractivity contribution in [2.24, 2.45) is 11.7 Å². The van der Waals surface area contributed by atoms with Gasteiger partial charge < -0.3 is 11.1 Å². The predicted octanol–water partition coefficient (Wildman–Crippen LogP) is -0.223. The Balaban J connectivity index is 2.36. The van der Waals surface area contributed by atoms with Crippen molar-refractivity contribution in [2.45, 2.75) is 32.2 Å². The Labute approximate surface area is 71.5 Å². The van der Waals surface area contributed by atoms with E-state index in [9.17, 15) is 9.59 Å². The zero-order valence-electron chi connectivity index (χ0n) is 7.17. The second-order valence-electron chi connectivity index (χ2n) is 3.33. The van der Waals surface area contributed by atoms with E-state index < -0.39 is 11.9 Å². The average Bonchev–Trinajstić information content (AvgIpc) is 2.68. The van der Waals surface area contributed by atoms with Gasteiger partial charge in [-0.2, -0.15) is 0 Å². The second-order valence-corrected chi connectivity index (χ2v) is 3.33. The van der Waals surface area contributed by atoms with Crippen molar-refractivity contribution in [2.75, 3.05) is 0 Å². The van der Waals surface area contributed by atoms with Crippen LogP contribution in [0.4, 0.5) is 0 Å². The summed E-state index contributed by atoms with van der Waals surface area (Å²) in [5.41, 5.74) is 5.11. The number of rotatable bonds is 4. The normalized spacial score (nSPS) is 18.4. The molecule has 0 aromatic carbocycles. The number of hydrogen-bond donors (Lipinski definition) is 2. The van der Waals surface area contributed by atoms with Crippen LogP contribution in [-0.4, -0.2) is 17.9 Å². The molecular formula is C8H14N2O2. The fourth-order valence-electron chi connectivity index (χ4n) is 1.18. The molecule has 0 spiro atoms. The van der Waals surface area contributed by atoms with Crippen molar-refractivity contribution in [1.82, 2.24) is 5.32 Å². The smallest absolute Gasteiger partial charge is 0.240 e. The molecule has 1 atom stereocenters. The Hall–Kier alpha value is -1.06. The molecule has 4 heteroatoms. The number of nitrogens with two attached hydrogens (primary N) is 1. The molecule has 0 aromatic heterocycles. The Morgan fingerprint density at radius 1 is 1.58 bits per heavy atom. The number of carbonyl (C=O) groups excluding carboxylic acids is 2. The fraction of sp³-hybridized carbons (Fsp3) is 0.750. The van der Waals surface area contributed by atoms with Gasteiger partial charge in [0, 0.05) is 6.92 Å². The van der Waals surface area contributed by atoms with Gasteiger partial charge in [0.05, 0.1) is 0 Å². The van der Waals surface area contributed by atoms with Gasteiger partial charge in [-0.05, 0) is 12.3 Å². The van der Waals surface area contributed by atoms with Crippen molar-refractivity contribution in [1.29, 1.82) is 0 Å². The fourth-order valence-corrected chi connectivity index (χ4v) is 1.18. The number of nitrogens with one attached hydrogen (secondary N) is 1. The van der Waals surface area contributed by atoms with Crippen LogP contribution in [0.1, 0.15) is 26.2 Å². The van der Waals surface area contributed by atoms with Crippen LogP contribution in [0.25, 0.3) is 0 Å². The van der Waals surface area contributed by atoms with E-state index in [0.717, 1.165) is 12.8 Å². The molecule has 12 heavy (non-hydrogen) atoms. The van der Waals surface area contributed by atoms with Gasteiger partial charge in [0.2, 0.25) is 11.8 Å². The Kier molecular flexibility index (Phi) is 2.68. The van der Waals surface area contributed by atoms with Crippen molar-refractivity contribution in [3.63, 3.8) is 0 Å². The molecule has 68 valence electrons. The van der Waals surface area contributed by atoms with Gasteiger partial charge >= 0.3 is 0 Å². The molecule has 3 N–H and O–H groups in total. The lowest BCUT2D eigenvalue weighted by Crippen LogP contribution is -2.43. The summed E-state index contributed by atoms with van der Waals surface area (Å²) in [5, 5.41) is 2.54. The first-order chi connectivity index (χ1) is 5.59. The molecular weight excluding hydrogens is 156 g/mol. The van der Waals surface area contributed by atoms with Crippen LogP contribution in [0.15, 0.2) is 0 Å². The van der Waals surface area contributed by atoms with Crippen molar-refractivity contribution < 1.29 is 9.59 Å². The minimum absolute atomic E-state index is 0.195. The first kappa shape index (κ1) is 9.03. The van der Waals surface area contributed by atoms with Crippen LogP contribution in [0.2, 0.25) is 0 Å². The minimum Gasteiger partial charge on any atom is -0.368 e. The molecule has 0 radical (unpaired) electrons. The number of primary amides is 1. The van der Waals surface area contributed by atoms with Crippen molar-refractivity contribution >= 4 is 11.8 Å². The molecule has 1 saturated carbocycles. The lowest BCUT2D eigenvalue weighted by Gasteiger charge is -2.12. The number of carbonyl (C=O) groups is 2. The van der Waals surface area contributed by atoms with Gasteiger partial charge in [-0.1, -0.05) is 12.8 Å². The Morgan fingerprint density at radius 3 is 2.50 bits per heavy atom. The van der Waals surface area contributed by atoms with E-state index in [-0.39, 0.29) is 5.91 Å². The van der Waals surface area contributed by atoms with Crippen LogP contribution < -0.4 is 11.1 Å². The van der Waals surface area contributed by atoms with Crippen LogP contribution in [-0.2, 0) is 9.59 Å². The average molecular weight is 170 g/mol. The molecule has 1 fully saturated rings. The standard InChI is InChI=1S/C8H14N2O2/c1-5(11)10-7(8(9)12)4-6-2-3-6/h6-7H,2-4H2,1H3,(H2,9,12)(H,10,11)/t7-/m1/s1. The van der Waals surface area contributed by atoms with Crippen LogP contribution in [0, 0.1) is 5.92 Å². The highest BCUT2D eigenvalue weighted by Crippen LogP contribution is 2.33. The quantitative estimate of drug-likeness (QED) is 0.612. The van der Waals surface area contributed by atoms with Gasteiger partial charge in [0.15, 0.2) is 0 Å². The van der Waals surface area contributed by atoms with E-state index in [2.05, 4.69) is 5.32 Å². The van der Waals surface area contributed by atoms with Crippen molar-refractivity contribution in [3.8, 4) is 0 Å². The third-order valence-corrected chi connectivity index (χ3v) is 1.99. The summed E-state index contributed by atoms with van der Waals surface area (Å²) in [7, 11) is 0. The topological polar surface area (TPSA) is 72.2 Å². The molecule has 2 amide bonds. The van der Waals surface area contributed by atoms with Gasteiger partial charge in [-0.15, -0.1) is 0 Å². The maximum Gasteiger partial charge on any atom is 0.240 e. The summed E-state index contributed by atoms with van der Waals surface area (Å²) >= 11 is 0. The van der Waals surface area contributed by atoms with Crippen LogP contribution >= 0.6 is 0 Å². The molecule has 1 aliphatic carbocycles. The van der Waals surface area contributed by atoms with Crippen LogP contribution in [0.3, 0.4) is 0 Å². The summed E-state index contributed by atoms with van der Waals surface area (Å²) in [5.74, 6) is -0.0362. The molecule has 1 rings (SSSR count). The van der Waals surface area contributed by atoms with E-state index in [0.29, 0.717) is 12.3 Å². The monoisotopic (exact) mass is 170 g/mol. The zero-order valence-corrected chi connectivity index (χ0v) is 7.17. The largest absolute Gasteiger partial charge is 0.368 e. The second kappa shape index (κ2) is 3.56. The Morgan fingerprint density at radius 2 is 2.17 bits per heavy atom. The maximum absolute atomic E-state index is 10.8. The highest BCUT2D eigenvalue weighted by molar-refractivity contribution is 5.85. The molecule has 0 saturated heterocycles. The predicted molar refractivity (Wildman–Crippen MR) is 44.1 cm³/mol. The third-order valence-electron chi connectivity index (χ3n) is 1.99. The molecule has 4 nitrogen and oxygen atoms in total. The van der Waals surface area contributed by atoms with Gasteiger partial charge in [-0.25, -0.2) is 0 Å². The summed E-state index contributed by atoms with van der Waals surface area (Å²) in [4.78, 5) is 21.4. The van der Waals surface area contributed by atoms with Gasteiger partial charge in [-0.3, -0.25) is 9.59 Å². The lowest BCUT2D eigenvalue weighted by molar-refractivity contribution is -0.126. The van der Waals surface area contributed by atoms with E-state index in [4.69, 9.17) is 5.73 Å². The Bertz CT molecular complexity index is 199. The molecule has 0 heterocycles. The first-order valence-electron chi connectivity index (χ1n) is 4.16. The zero-order chi connectivity index (χ0) is 9.14. The lowest BCUT2D eigenvalue weighted by atomic mass is 10.1. The van der Waals surface area contributed by atoms with Gasteiger partial charge in [0.25, 0.3) is 0 Å². The molecule has 1 aliphatic rings. The molecule has 0 bridgehead atoms. The maximum atomic E-state index is 10.8. The summed E-state index contributed by atoms with van der Waals surface area (Å²) in [6, 6.07) is -0.463. The summed E-state index contributed by atoms with van der Waals surface area (Å²) < 4.78 is 0. The minimum atomic E-state index is -0.463. The van der Waals surface area contributed by atoms with E-state index in [1.807, 2.05) is 0 Å². The first-order valence-corrected chi connectivity index (χ1v) is 4.16. The summed E-state index contributed by atoms with van der Waals surface area (Å²) in [6.45, 7) is 1.39. The highest BCUT2D eigenvalue weighted by atomic mass is 16.2. The summed E-state index contributed by atoms with van der Waals surface area (Å²) in [6.07, 6.45) is 3.02. The molecule has 0 aromatic rings. The highest BCUT2D eigenvalue weighted by Gasteiger charge is 2.28. The van der Waals surface area contributed by atoms with E-state index in [1.54, 1.807) is 0 Å². The number of hydrogen-bond acceptors (Lipinski definition) is 2. The number of amides is 2. The third kappa shape index (κ3) is 2.90. The van der Waals surface area contributed by atoms with E-state index in [1.165, 1.54) is 6.92 Å². The van der Waals surface area contributed by atoms with Crippen molar-refractivity contribution in [3.05, 3.63) is 0 Å². The molecule has 0 unspecified atom stereocenters. The SMILES string of the molecule is CC(=O)N[C@H](CC1CC1)C(N)=O. The molecule has 0 aliphatic heterocycles. The van der Waals surface area contributed by atoms with E-state index >= 15 is 0 Å².